The highest BCUT2D eigenvalue weighted by Crippen LogP contribution is 2.10. The summed E-state index contributed by atoms with van der Waals surface area (Å²) in [5, 5.41) is 42.9. The molecule has 1 saturated heterocycles. The van der Waals surface area contributed by atoms with E-state index in [4.69, 9.17) is 26.7 Å². The van der Waals surface area contributed by atoms with Crippen LogP contribution in [0, 0.1) is 0 Å². The van der Waals surface area contributed by atoms with Crippen LogP contribution >= 0.6 is 37.0 Å². The maximum atomic E-state index is 14.2. The molecule has 18 N–H and O–H groups in total. The maximum Gasteiger partial charge on any atom is 0.305 e. The quantitative estimate of drug-likeness (QED) is 0.0209. The van der Waals surface area contributed by atoms with E-state index in [0.717, 1.165) is 11.8 Å². The topological polar surface area (TPSA) is 474 Å². The van der Waals surface area contributed by atoms with Gasteiger partial charge in [0.15, 0.2) is 5.96 Å². The summed E-state index contributed by atoms with van der Waals surface area (Å²) < 4.78 is 10.6. The average Bonchev–Trinajstić information content (AvgIpc) is 3.38. The molecule has 0 saturated carbocycles. The first-order chi connectivity index (χ1) is 36.7. The molecule has 1 aromatic rings. The Kier molecular flexibility index (Phi) is 31.7. The molecule has 0 unspecified atom stereocenters. The largest absolute Gasteiger partial charge is 0.481 e. The minimum absolute atomic E-state index is 0.0284. The molecule has 33 heteroatoms. The van der Waals surface area contributed by atoms with Gasteiger partial charge in [-0.3, -0.25) is 62.5 Å². The van der Waals surface area contributed by atoms with Crippen molar-refractivity contribution < 1.29 is 77.2 Å². The Morgan fingerprint density at radius 2 is 1.19 bits per heavy atom. The van der Waals surface area contributed by atoms with Crippen LogP contribution in [0.2, 0.25) is 0 Å². The van der Waals surface area contributed by atoms with Gasteiger partial charge in [-0.15, -0.1) is 11.8 Å². The van der Waals surface area contributed by atoms with Crippen molar-refractivity contribution in [2.24, 2.45) is 22.2 Å². The summed E-state index contributed by atoms with van der Waals surface area (Å²) in [6.07, 6.45) is -2.34. The fourth-order valence-corrected chi connectivity index (χ4v) is 7.97. The standard InChI is InChI=1S/C44H68N14O16S3/c45-8-11-73-13-14-74-12-10-48-32(59)18-50-38(67)31-22-77-23-34(61)53-28(17-36(64)65)41(70)56-29(20-75)42(71)54-25(7-4-9-49-44(46)47)37(66)51-19-33(60)52-27(16-35(62)63)40(69)57-30(21-76)43(72)55-26(39(68)58-31)15-24-5-2-1-3-6-24/h1-3,5-6,25-31,75-76H,4,7-23,45H2,(H,48,59)(H,50,67)(H,51,66)(H,52,60)(H,53,61)(H,54,71)(H,55,72)(H,56,70)(H,57,69)(H,58,68)(H,62,63)(H,64,65)(H4,46,47,49)/t25-,26-,27-,28-,29-,30-,31-/m0/s1. The van der Waals surface area contributed by atoms with Gasteiger partial charge >= 0.3 is 11.9 Å². The van der Waals surface area contributed by atoms with Crippen molar-refractivity contribution >= 4 is 114 Å². The van der Waals surface area contributed by atoms with Crippen LogP contribution < -0.4 is 70.4 Å². The van der Waals surface area contributed by atoms with E-state index in [1.165, 1.54) is 0 Å². The Morgan fingerprint density at radius 1 is 0.662 bits per heavy atom. The third kappa shape index (κ3) is 27.6. The molecule has 0 aliphatic carbocycles. The van der Waals surface area contributed by atoms with Crippen molar-refractivity contribution in [3.63, 3.8) is 0 Å². The number of nitrogens with one attached hydrogen (secondary N) is 10. The zero-order valence-corrected chi connectivity index (χ0v) is 44.4. The highest BCUT2D eigenvalue weighted by atomic mass is 32.2. The van der Waals surface area contributed by atoms with Crippen LogP contribution in [0.4, 0.5) is 0 Å². The fourth-order valence-electron chi connectivity index (χ4n) is 6.59. The number of guanidine groups is 1. The van der Waals surface area contributed by atoms with E-state index in [1.807, 2.05) is 0 Å². The van der Waals surface area contributed by atoms with Gasteiger partial charge in [0, 0.05) is 43.3 Å². The van der Waals surface area contributed by atoms with E-state index >= 15 is 0 Å². The predicted molar refractivity (Wildman–Crippen MR) is 283 cm³/mol. The first kappa shape index (κ1) is 66.2. The van der Waals surface area contributed by atoms with Gasteiger partial charge in [-0.05, 0) is 18.4 Å². The average molecular weight is 1150 g/mol. The summed E-state index contributed by atoms with van der Waals surface area (Å²) in [6, 6.07) is -3.19. The number of ether oxygens (including phenoxy) is 2. The second-order valence-corrected chi connectivity index (χ2v) is 18.3. The second-order valence-electron chi connectivity index (χ2n) is 16.6. The lowest BCUT2D eigenvalue weighted by Crippen LogP contribution is -2.60. The number of aliphatic carboxylic acids is 2. The number of amides is 10. The number of benzene rings is 1. The van der Waals surface area contributed by atoms with Gasteiger partial charge in [0.1, 0.15) is 42.3 Å². The molecule has 10 amide bonds. The van der Waals surface area contributed by atoms with E-state index < -0.39 is 162 Å². The van der Waals surface area contributed by atoms with Crippen molar-refractivity contribution in [1.29, 1.82) is 0 Å². The lowest BCUT2D eigenvalue weighted by molar-refractivity contribution is -0.141. The third-order valence-electron chi connectivity index (χ3n) is 10.4. The van der Waals surface area contributed by atoms with Crippen molar-refractivity contribution in [3.05, 3.63) is 35.9 Å². The number of nitrogens with zero attached hydrogens (tertiary/aromatic N) is 1. The highest BCUT2D eigenvalue weighted by molar-refractivity contribution is 8.00. The van der Waals surface area contributed by atoms with Crippen LogP contribution in [0.15, 0.2) is 35.3 Å². The van der Waals surface area contributed by atoms with Crippen molar-refractivity contribution in [2.75, 3.05) is 82.2 Å². The lowest BCUT2D eigenvalue weighted by Gasteiger charge is -2.26. The smallest absolute Gasteiger partial charge is 0.305 e. The van der Waals surface area contributed by atoms with Gasteiger partial charge in [-0.1, -0.05) is 30.3 Å². The van der Waals surface area contributed by atoms with Gasteiger partial charge in [-0.25, -0.2) is 0 Å². The molecule has 2 rings (SSSR count). The number of rotatable bonds is 23. The number of hydrogen-bond acceptors (Lipinski definition) is 19. The summed E-state index contributed by atoms with van der Waals surface area (Å²) in [6.45, 7) is -0.207. The molecule has 0 aromatic heterocycles. The number of thiol groups is 2. The monoisotopic (exact) mass is 1140 g/mol. The second kappa shape index (κ2) is 36.9. The molecular formula is C44H68N14O16S3. The SMILES string of the molecule is NCCOCCOCCNC(=O)CNC(=O)[C@@H]1CSCC(=O)N[C@@H](CC(=O)O)C(=O)N[C@@H](CS)C(=O)N[C@@H](CCCN=C(N)N)C(=O)NCC(=O)N[C@@H](CC(=O)O)C(=O)N[C@@H](CS)C(=O)N[C@@H](Cc2ccccc2)C(=O)N1. The molecule has 1 aliphatic heterocycles. The molecule has 0 spiro atoms. The van der Waals surface area contributed by atoms with Crippen LogP contribution in [0.3, 0.4) is 0 Å². The van der Waals surface area contributed by atoms with Gasteiger partial charge in [-0.2, -0.15) is 25.3 Å². The molecule has 1 fully saturated rings. The van der Waals surface area contributed by atoms with E-state index in [1.54, 1.807) is 30.3 Å². The van der Waals surface area contributed by atoms with Crippen molar-refractivity contribution in [3.8, 4) is 0 Å². The van der Waals surface area contributed by atoms with Crippen LogP contribution in [0.25, 0.3) is 0 Å². The molecule has 7 atom stereocenters. The molecule has 0 bridgehead atoms. The maximum absolute atomic E-state index is 14.2. The number of hydrogen-bond donors (Lipinski definition) is 17. The van der Waals surface area contributed by atoms with Crippen LogP contribution in [0.1, 0.15) is 31.2 Å². The van der Waals surface area contributed by atoms with Gasteiger partial charge in [0.05, 0.1) is 58.1 Å². The van der Waals surface area contributed by atoms with E-state index in [-0.39, 0.29) is 58.1 Å². The van der Waals surface area contributed by atoms with Gasteiger partial charge in [0.2, 0.25) is 59.1 Å². The normalized spacial score (nSPS) is 21.9. The van der Waals surface area contributed by atoms with Crippen molar-refractivity contribution in [1.82, 2.24) is 53.2 Å². The molecule has 428 valence electrons. The lowest BCUT2D eigenvalue weighted by atomic mass is 10.0. The molecular weight excluding hydrogens is 1080 g/mol. The molecule has 77 heavy (non-hydrogen) atoms. The Hall–Kier alpha value is -6.94. The van der Waals surface area contributed by atoms with Gasteiger partial charge < -0.3 is 90.1 Å². The minimum Gasteiger partial charge on any atom is -0.481 e. The highest BCUT2D eigenvalue weighted by Gasteiger charge is 2.34. The Balaban J connectivity index is 2.58. The Bertz CT molecular complexity index is 2220. The Labute approximate surface area is 457 Å². The Morgan fingerprint density at radius 3 is 1.75 bits per heavy atom. The number of nitrogens with two attached hydrogens (primary N) is 3. The number of carboxylic acid groups (broad SMARTS) is 2. The summed E-state index contributed by atoms with van der Waals surface area (Å²) >= 11 is 9.01. The van der Waals surface area contributed by atoms with Crippen LogP contribution in [-0.4, -0.2) is 212 Å². The number of aliphatic imine (C=N–C) groups is 1. The number of carboxylic acids is 2. The van der Waals surface area contributed by atoms with E-state index in [0.29, 0.717) is 18.7 Å². The van der Waals surface area contributed by atoms with Crippen molar-refractivity contribution in [2.45, 2.75) is 74.4 Å². The zero-order valence-electron chi connectivity index (χ0n) is 41.7. The molecule has 1 aromatic carbocycles. The van der Waals surface area contributed by atoms with Gasteiger partial charge in [0.25, 0.3) is 0 Å². The van der Waals surface area contributed by atoms with Crippen LogP contribution in [-0.2, 0) is 73.4 Å². The predicted octanol–water partition coefficient (Wildman–Crippen LogP) is -7.43. The third-order valence-corrected chi connectivity index (χ3v) is 12.2. The summed E-state index contributed by atoms with van der Waals surface area (Å²) in [7, 11) is 0. The first-order valence-corrected chi connectivity index (χ1v) is 26.2. The summed E-state index contributed by atoms with van der Waals surface area (Å²) in [5.41, 5.74) is 16.7. The molecule has 0 radical (unpaired) electrons. The molecule has 1 heterocycles. The van der Waals surface area contributed by atoms with E-state index in [9.17, 15) is 67.7 Å². The minimum atomic E-state index is -1.86. The molecule has 1 aliphatic rings. The molecule has 30 nitrogen and oxygen atoms in total. The number of carbonyl (C=O) groups excluding carboxylic acids is 10. The fraction of sp³-hybridized carbons (Fsp3) is 0.568. The summed E-state index contributed by atoms with van der Waals surface area (Å²) in [4.78, 5) is 163. The first-order valence-electron chi connectivity index (χ1n) is 23.8. The van der Waals surface area contributed by atoms with Crippen LogP contribution in [0.5, 0.6) is 0 Å². The number of carbonyl (C=O) groups is 12. The van der Waals surface area contributed by atoms with E-state index in [2.05, 4.69) is 83.4 Å². The number of thioether (sulfide) groups is 1. The summed E-state index contributed by atoms with van der Waals surface area (Å²) in [5.74, 6) is -15.3. The zero-order chi connectivity index (χ0) is 57.3.